The van der Waals surface area contributed by atoms with Gasteiger partial charge in [-0.1, -0.05) is 34.8 Å². The minimum absolute atomic E-state index is 0.115. The molecule has 3 aromatic rings. The highest BCUT2D eigenvalue weighted by Crippen LogP contribution is 2.65. The molecule has 0 aliphatic heterocycles. The molecule has 0 heterocycles. The Morgan fingerprint density at radius 2 is 1.51 bits per heavy atom. The number of carbonyl (C=O) groups is 2. The number of hydrogen-bond donors (Lipinski definition) is 1. The number of rotatable bonds is 5. The third kappa shape index (κ3) is 5.09. The Morgan fingerprint density at radius 1 is 0.914 bits per heavy atom. The van der Waals surface area contributed by atoms with E-state index in [1.807, 2.05) is 0 Å². The molecule has 1 N–H and O–H groups in total. The first-order valence-corrected chi connectivity index (χ1v) is 12.0. The molecule has 0 aromatic heterocycles. The lowest BCUT2D eigenvalue weighted by Crippen LogP contribution is -2.26. The van der Waals surface area contributed by atoms with Gasteiger partial charge in [0.1, 0.15) is 10.2 Å². The summed E-state index contributed by atoms with van der Waals surface area (Å²) in [5.74, 6) is -3.78. The molecular formula is C24H15Cl5F2N2O2. The summed E-state index contributed by atoms with van der Waals surface area (Å²) >= 11 is 30.7. The lowest BCUT2D eigenvalue weighted by molar-refractivity contribution is -0.117. The minimum Gasteiger partial charge on any atom is -0.326 e. The van der Waals surface area contributed by atoms with E-state index < -0.39 is 39.6 Å². The van der Waals surface area contributed by atoms with E-state index in [1.54, 1.807) is 0 Å². The van der Waals surface area contributed by atoms with Crippen molar-refractivity contribution in [3.63, 3.8) is 0 Å². The molecule has 0 saturated heterocycles. The van der Waals surface area contributed by atoms with Crippen LogP contribution in [0.3, 0.4) is 0 Å². The molecule has 0 unspecified atom stereocenters. The topological polar surface area (TPSA) is 49.4 Å². The van der Waals surface area contributed by atoms with Gasteiger partial charge in [0.05, 0.1) is 26.5 Å². The fraction of sp³-hybridized carbons (Fsp3) is 0.167. The van der Waals surface area contributed by atoms with Crippen molar-refractivity contribution in [3.05, 3.63) is 92.4 Å². The molecule has 2 amide bonds. The van der Waals surface area contributed by atoms with Gasteiger partial charge in [-0.05, 0) is 60.2 Å². The summed E-state index contributed by atoms with van der Waals surface area (Å²) in [6, 6.07) is 12.4. The number of carbonyl (C=O) groups excluding carboxylic acids is 2. The molecule has 11 heteroatoms. The van der Waals surface area contributed by atoms with Crippen LogP contribution in [0, 0.1) is 17.6 Å². The highest BCUT2D eigenvalue weighted by atomic mass is 35.5. The first kappa shape index (κ1) is 26.0. The van der Waals surface area contributed by atoms with Crippen LogP contribution in [0.5, 0.6) is 0 Å². The summed E-state index contributed by atoms with van der Waals surface area (Å²) in [4.78, 5) is 27.3. The van der Waals surface area contributed by atoms with E-state index in [0.29, 0.717) is 11.3 Å². The van der Waals surface area contributed by atoms with Crippen LogP contribution in [-0.2, 0) is 4.79 Å². The molecule has 182 valence electrons. The first-order valence-electron chi connectivity index (χ1n) is 10.1. The normalized spacial score (nSPS) is 18.2. The van der Waals surface area contributed by atoms with Crippen molar-refractivity contribution in [1.82, 2.24) is 0 Å². The molecule has 0 radical (unpaired) electrons. The number of alkyl halides is 2. The third-order valence-corrected chi connectivity index (χ3v) is 7.50. The molecule has 35 heavy (non-hydrogen) atoms. The third-order valence-electron chi connectivity index (χ3n) is 5.68. The summed E-state index contributed by atoms with van der Waals surface area (Å²) in [6.45, 7) is 0. The maximum absolute atomic E-state index is 13.8. The fourth-order valence-electron chi connectivity index (χ4n) is 3.77. The van der Waals surface area contributed by atoms with E-state index in [4.69, 9.17) is 58.0 Å². The SMILES string of the molecule is CN(C(=O)c1cc(NC(=O)[C@H]2[C@H](c3cc(Cl)c(F)c(Cl)c3)C2(Cl)Cl)ccc1Cl)c1ccc(F)cc1. The van der Waals surface area contributed by atoms with Gasteiger partial charge in [-0.15, -0.1) is 23.2 Å². The number of halogens is 7. The van der Waals surface area contributed by atoms with Gasteiger partial charge in [-0.25, -0.2) is 8.78 Å². The van der Waals surface area contributed by atoms with E-state index in [2.05, 4.69) is 5.32 Å². The molecule has 1 aliphatic carbocycles. The Morgan fingerprint density at radius 3 is 2.11 bits per heavy atom. The van der Waals surface area contributed by atoms with Crippen molar-refractivity contribution in [2.24, 2.45) is 5.92 Å². The highest BCUT2D eigenvalue weighted by Gasteiger charge is 2.67. The van der Waals surface area contributed by atoms with Gasteiger partial charge < -0.3 is 10.2 Å². The van der Waals surface area contributed by atoms with Gasteiger partial charge in [0, 0.05) is 24.3 Å². The van der Waals surface area contributed by atoms with Gasteiger partial charge >= 0.3 is 0 Å². The van der Waals surface area contributed by atoms with Crippen molar-refractivity contribution >= 4 is 81.2 Å². The predicted octanol–water partition coefficient (Wildman–Crippen LogP) is 7.73. The van der Waals surface area contributed by atoms with Crippen LogP contribution in [-0.4, -0.2) is 23.2 Å². The second kappa shape index (κ2) is 9.75. The number of nitrogens with zero attached hydrogens (tertiary/aromatic N) is 1. The van der Waals surface area contributed by atoms with Gasteiger partial charge in [0.2, 0.25) is 5.91 Å². The van der Waals surface area contributed by atoms with Crippen LogP contribution in [0.15, 0.2) is 54.6 Å². The van der Waals surface area contributed by atoms with Crippen molar-refractivity contribution in [2.75, 3.05) is 17.3 Å². The van der Waals surface area contributed by atoms with Crippen molar-refractivity contribution in [1.29, 1.82) is 0 Å². The second-order valence-corrected chi connectivity index (χ2v) is 10.6. The summed E-state index contributed by atoms with van der Waals surface area (Å²) < 4.78 is 25.5. The molecule has 0 bridgehead atoms. The van der Waals surface area contributed by atoms with E-state index >= 15 is 0 Å². The standard InChI is InChI=1S/C24H15Cl5F2N2O2/c1-33(14-5-2-12(30)3-6-14)23(35)15-10-13(4-7-16(15)25)32-22(34)20-19(24(20,28)29)11-8-17(26)21(31)18(27)9-11/h2-10,19-20H,1H3,(H,32,34)/t19-,20+/m0/s1. The van der Waals surface area contributed by atoms with Gasteiger partial charge in [0.25, 0.3) is 5.91 Å². The first-order chi connectivity index (χ1) is 16.4. The Bertz CT molecular complexity index is 1310. The fourth-order valence-corrected chi connectivity index (χ4v) is 5.30. The van der Waals surface area contributed by atoms with E-state index in [-0.39, 0.29) is 26.3 Å². The largest absolute Gasteiger partial charge is 0.326 e. The summed E-state index contributed by atoms with van der Waals surface area (Å²) in [5.41, 5.74) is 1.26. The zero-order valence-electron chi connectivity index (χ0n) is 17.8. The quantitative estimate of drug-likeness (QED) is 0.249. The molecule has 1 fully saturated rings. The number of nitrogens with one attached hydrogen (secondary N) is 1. The van der Waals surface area contributed by atoms with Crippen LogP contribution in [0.2, 0.25) is 15.1 Å². The second-order valence-electron chi connectivity index (χ2n) is 7.95. The Labute approximate surface area is 224 Å². The predicted molar refractivity (Wildman–Crippen MR) is 136 cm³/mol. The van der Waals surface area contributed by atoms with Gasteiger partial charge in [-0.2, -0.15) is 0 Å². The van der Waals surface area contributed by atoms with Crippen molar-refractivity contribution in [2.45, 2.75) is 10.3 Å². The number of amides is 2. The summed E-state index contributed by atoms with van der Waals surface area (Å²) in [6.07, 6.45) is 0. The van der Waals surface area contributed by atoms with Crippen LogP contribution in [0.1, 0.15) is 21.8 Å². The number of hydrogen-bond acceptors (Lipinski definition) is 2. The molecule has 3 aromatic carbocycles. The average Bonchev–Trinajstić information content (AvgIpc) is 3.40. The van der Waals surface area contributed by atoms with E-state index in [0.717, 1.165) is 0 Å². The van der Waals surface area contributed by atoms with E-state index in [1.165, 1.54) is 66.5 Å². The Balaban J connectivity index is 1.54. The molecular weight excluding hydrogens is 564 g/mol. The maximum Gasteiger partial charge on any atom is 0.259 e. The van der Waals surface area contributed by atoms with E-state index in [9.17, 15) is 18.4 Å². The van der Waals surface area contributed by atoms with Crippen LogP contribution < -0.4 is 10.2 Å². The lowest BCUT2D eigenvalue weighted by Gasteiger charge is -2.18. The zero-order valence-corrected chi connectivity index (χ0v) is 21.5. The van der Waals surface area contributed by atoms with Crippen LogP contribution in [0.25, 0.3) is 0 Å². The number of benzene rings is 3. The maximum atomic E-state index is 13.8. The highest BCUT2D eigenvalue weighted by molar-refractivity contribution is 6.53. The lowest BCUT2D eigenvalue weighted by atomic mass is 10.1. The molecule has 0 spiro atoms. The molecule has 4 rings (SSSR count). The summed E-state index contributed by atoms with van der Waals surface area (Å²) in [7, 11) is 1.51. The van der Waals surface area contributed by atoms with Crippen molar-refractivity contribution < 1.29 is 18.4 Å². The van der Waals surface area contributed by atoms with Crippen LogP contribution in [0.4, 0.5) is 20.2 Å². The molecule has 2 atom stereocenters. The van der Waals surface area contributed by atoms with Crippen LogP contribution >= 0.6 is 58.0 Å². The molecule has 4 nitrogen and oxygen atoms in total. The summed E-state index contributed by atoms with van der Waals surface area (Å²) in [5, 5.41) is 2.41. The number of anilines is 2. The monoisotopic (exact) mass is 576 g/mol. The Kier molecular flexibility index (Phi) is 7.24. The Hall–Kier alpha value is -2.09. The minimum atomic E-state index is -1.47. The van der Waals surface area contributed by atoms with Gasteiger partial charge in [0.15, 0.2) is 5.82 Å². The molecule has 1 saturated carbocycles. The average molecular weight is 579 g/mol. The molecule has 1 aliphatic rings. The van der Waals surface area contributed by atoms with Gasteiger partial charge in [-0.3, -0.25) is 9.59 Å². The zero-order chi connectivity index (χ0) is 25.7. The smallest absolute Gasteiger partial charge is 0.259 e. The van der Waals surface area contributed by atoms with Crippen molar-refractivity contribution in [3.8, 4) is 0 Å².